The van der Waals surface area contributed by atoms with Crippen LogP contribution < -0.4 is 5.32 Å². The number of nitrogens with one attached hydrogen (secondary N) is 1. The Morgan fingerprint density at radius 3 is 2.86 bits per heavy atom. The highest BCUT2D eigenvalue weighted by Crippen LogP contribution is 2.23. The van der Waals surface area contributed by atoms with E-state index in [1.165, 1.54) is 6.42 Å². The Labute approximate surface area is 140 Å². The molecule has 0 radical (unpaired) electrons. The van der Waals surface area contributed by atoms with Crippen molar-refractivity contribution >= 4 is 33.4 Å². The first-order chi connectivity index (χ1) is 9.97. The Kier molecular flexibility index (Phi) is 6.08. The van der Waals surface area contributed by atoms with Crippen LogP contribution in [0, 0.1) is 5.92 Å². The second-order valence-corrected chi connectivity index (χ2v) is 7.34. The predicted molar refractivity (Wildman–Crippen MR) is 90.9 cm³/mol. The molecule has 1 aliphatic rings. The van der Waals surface area contributed by atoms with Crippen molar-refractivity contribution in [2.75, 3.05) is 19.6 Å². The van der Waals surface area contributed by atoms with Crippen molar-refractivity contribution in [1.82, 2.24) is 10.2 Å². The van der Waals surface area contributed by atoms with Gasteiger partial charge in [-0.25, -0.2) is 0 Å². The van der Waals surface area contributed by atoms with Crippen molar-refractivity contribution in [1.29, 1.82) is 0 Å². The second kappa shape index (κ2) is 7.61. The number of rotatable bonds is 5. The Morgan fingerprint density at radius 1 is 1.52 bits per heavy atom. The maximum Gasteiger partial charge on any atom is 0.255 e. The molecule has 0 saturated carbocycles. The van der Waals surface area contributed by atoms with Crippen LogP contribution in [-0.4, -0.2) is 36.5 Å². The number of benzene rings is 1. The second-order valence-electron chi connectivity index (χ2n) is 6.02. The maximum absolute atomic E-state index is 12.8. The molecule has 1 saturated heterocycles. The fourth-order valence-corrected chi connectivity index (χ4v) is 3.45. The van der Waals surface area contributed by atoms with Gasteiger partial charge < -0.3 is 10.2 Å². The molecule has 21 heavy (non-hydrogen) atoms. The van der Waals surface area contributed by atoms with Gasteiger partial charge in [0.2, 0.25) is 0 Å². The zero-order valence-electron chi connectivity index (χ0n) is 12.5. The van der Waals surface area contributed by atoms with Crippen LogP contribution in [0.15, 0.2) is 22.7 Å². The van der Waals surface area contributed by atoms with E-state index in [2.05, 4.69) is 35.1 Å². The van der Waals surface area contributed by atoms with Crippen LogP contribution in [0.4, 0.5) is 0 Å². The molecule has 3 nitrogen and oxygen atoms in total. The van der Waals surface area contributed by atoms with Gasteiger partial charge in [-0.3, -0.25) is 4.79 Å². The van der Waals surface area contributed by atoms with E-state index in [9.17, 15) is 4.79 Å². The van der Waals surface area contributed by atoms with Gasteiger partial charge in [0, 0.05) is 23.6 Å². The summed E-state index contributed by atoms with van der Waals surface area (Å²) in [5.74, 6) is 0.458. The van der Waals surface area contributed by atoms with Crippen molar-refractivity contribution in [3.63, 3.8) is 0 Å². The fraction of sp³-hybridized carbons (Fsp3) is 0.562. The summed E-state index contributed by atoms with van der Waals surface area (Å²) in [5, 5.41) is 3.96. The molecule has 1 atom stereocenters. The average molecular weight is 374 g/mol. The highest BCUT2D eigenvalue weighted by atomic mass is 79.9. The van der Waals surface area contributed by atoms with Gasteiger partial charge in [0.05, 0.1) is 10.6 Å². The predicted octanol–water partition coefficient (Wildman–Crippen LogP) is 3.95. The lowest BCUT2D eigenvalue weighted by Crippen LogP contribution is -2.43. The summed E-state index contributed by atoms with van der Waals surface area (Å²) >= 11 is 9.60. The van der Waals surface area contributed by atoms with Crippen LogP contribution >= 0.6 is 27.5 Å². The molecule has 1 aliphatic heterocycles. The van der Waals surface area contributed by atoms with E-state index in [1.807, 2.05) is 11.0 Å². The Morgan fingerprint density at radius 2 is 2.29 bits per heavy atom. The van der Waals surface area contributed by atoms with Crippen molar-refractivity contribution in [3.05, 3.63) is 33.3 Å². The van der Waals surface area contributed by atoms with Crippen molar-refractivity contribution < 1.29 is 4.79 Å². The molecule has 1 fully saturated rings. The Balaban J connectivity index is 2.15. The van der Waals surface area contributed by atoms with E-state index in [-0.39, 0.29) is 5.91 Å². The van der Waals surface area contributed by atoms with Crippen LogP contribution in [-0.2, 0) is 0 Å². The standard InChI is InChI=1S/C16H22BrClN2O/c1-11(2)9-20(10-13-4-3-7-19-13)16(21)14-6-5-12(17)8-15(14)18/h5-6,8,11,13,19H,3-4,7,9-10H2,1-2H3. The number of carbonyl (C=O) groups excluding carboxylic acids is 1. The molecule has 2 rings (SSSR count). The lowest BCUT2D eigenvalue weighted by Gasteiger charge is -2.28. The molecule has 5 heteroatoms. The molecule has 1 heterocycles. The van der Waals surface area contributed by atoms with E-state index in [4.69, 9.17) is 11.6 Å². The number of halogens is 2. The molecule has 1 unspecified atom stereocenters. The van der Waals surface area contributed by atoms with Crippen LogP contribution in [0.25, 0.3) is 0 Å². The number of hydrogen-bond acceptors (Lipinski definition) is 2. The SMILES string of the molecule is CC(C)CN(CC1CCCN1)C(=O)c1ccc(Br)cc1Cl. The minimum Gasteiger partial charge on any atom is -0.337 e. The van der Waals surface area contributed by atoms with Gasteiger partial charge >= 0.3 is 0 Å². The third-order valence-corrected chi connectivity index (χ3v) is 4.44. The van der Waals surface area contributed by atoms with E-state index in [0.717, 1.165) is 30.5 Å². The molecule has 1 N–H and O–H groups in total. The summed E-state index contributed by atoms with van der Waals surface area (Å²) in [5.41, 5.74) is 0.582. The summed E-state index contributed by atoms with van der Waals surface area (Å²) in [6.07, 6.45) is 2.32. The van der Waals surface area contributed by atoms with E-state index in [0.29, 0.717) is 22.5 Å². The highest BCUT2D eigenvalue weighted by Gasteiger charge is 2.24. The van der Waals surface area contributed by atoms with Gasteiger partial charge in [-0.2, -0.15) is 0 Å². The van der Waals surface area contributed by atoms with Gasteiger partial charge in [-0.05, 0) is 43.5 Å². The van der Waals surface area contributed by atoms with Crippen LogP contribution in [0.1, 0.15) is 37.0 Å². The van der Waals surface area contributed by atoms with Gasteiger partial charge in [-0.15, -0.1) is 0 Å². The van der Waals surface area contributed by atoms with Crippen molar-refractivity contribution in [3.8, 4) is 0 Å². The molecule has 0 spiro atoms. The highest BCUT2D eigenvalue weighted by molar-refractivity contribution is 9.10. The first-order valence-corrected chi connectivity index (χ1v) is 8.62. The van der Waals surface area contributed by atoms with Crippen LogP contribution in [0.5, 0.6) is 0 Å². The molecule has 1 aromatic rings. The summed E-state index contributed by atoms with van der Waals surface area (Å²) < 4.78 is 0.886. The lowest BCUT2D eigenvalue weighted by molar-refractivity contribution is 0.0721. The van der Waals surface area contributed by atoms with Crippen LogP contribution in [0.2, 0.25) is 5.02 Å². The first-order valence-electron chi connectivity index (χ1n) is 7.45. The third-order valence-electron chi connectivity index (χ3n) is 3.64. The number of nitrogens with zero attached hydrogens (tertiary/aromatic N) is 1. The Bertz CT molecular complexity index is 501. The zero-order valence-corrected chi connectivity index (χ0v) is 14.9. The molecule has 1 amide bonds. The van der Waals surface area contributed by atoms with E-state index in [1.54, 1.807) is 12.1 Å². The van der Waals surface area contributed by atoms with Crippen molar-refractivity contribution in [2.45, 2.75) is 32.7 Å². The van der Waals surface area contributed by atoms with E-state index < -0.39 is 0 Å². The molecule has 116 valence electrons. The minimum absolute atomic E-state index is 0.0231. The third kappa shape index (κ3) is 4.70. The molecule has 0 aromatic heterocycles. The molecular formula is C16H22BrClN2O. The molecular weight excluding hydrogens is 352 g/mol. The topological polar surface area (TPSA) is 32.3 Å². The van der Waals surface area contributed by atoms with Gasteiger partial charge in [0.25, 0.3) is 5.91 Å². The largest absolute Gasteiger partial charge is 0.337 e. The maximum atomic E-state index is 12.8. The van der Waals surface area contributed by atoms with E-state index >= 15 is 0 Å². The number of hydrogen-bond donors (Lipinski definition) is 1. The summed E-state index contributed by atoms with van der Waals surface area (Å²) in [6, 6.07) is 5.84. The van der Waals surface area contributed by atoms with Crippen LogP contribution in [0.3, 0.4) is 0 Å². The van der Waals surface area contributed by atoms with Crippen molar-refractivity contribution in [2.24, 2.45) is 5.92 Å². The molecule has 0 bridgehead atoms. The quantitative estimate of drug-likeness (QED) is 0.847. The minimum atomic E-state index is 0.0231. The summed E-state index contributed by atoms with van der Waals surface area (Å²) in [4.78, 5) is 14.7. The number of amides is 1. The normalized spacial score (nSPS) is 18.2. The average Bonchev–Trinajstić information content (AvgIpc) is 2.89. The van der Waals surface area contributed by atoms with Gasteiger partial charge in [0.1, 0.15) is 0 Å². The lowest BCUT2D eigenvalue weighted by atomic mass is 10.1. The smallest absolute Gasteiger partial charge is 0.255 e. The zero-order chi connectivity index (χ0) is 15.4. The molecule has 1 aromatic carbocycles. The summed E-state index contributed by atoms with van der Waals surface area (Å²) in [6.45, 7) is 6.82. The molecule has 0 aliphatic carbocycles. The number of carbonyl (C=O) groups is 1. The van der Waals surface area contributed by atoms with Gasteiger partial charge in [-0.1, -0.05) is 41.4 Å². The Hall–Kier alpha value is -0.580. The van der Waals surface area contributed by atoms with Gasteiger partial charge in [0.15, 0.2) is 0 Å². The fourth-order valence-electron chi connectivity index (χ4n) is 2.69. The summed E-state index contributed by atoms with van der Waals surface area (Å²) in [7, 11) is 0. The monoisotopic (exact) mass is 372 g/mol. The first kappa shape index (κ1) is 16.8.